The molecule has 0 saturated heterocycles. The molecule has 9 rings (SSSR count). The van der Waals surface area contributed by atoms with E-state index in [-0.39, 0.29) is 11.8 Å². The number of benzene rings is 2. The largest absolute Gasteiger partial charge is 0.349 e. The molecule has 2 amide bonds. The fourth-order valence-electron chi connectivity index (χ4n) is 9.13. The van der Waals surface area contributed by atoms with E-state index in [0.29, 0.717) is 41.0 Å². The summed E-state index contributed by atoms with van der Waals surface area (Å²) < 4.78 is 0. The van der Waals surface area contributed by atoms with E-state index in [1.165, 1.54) is 51.4 Å². The number of imidazole rings is 1. The van der Waals surface area contributed by atoms with Crippen molar-refractivity contribution in [1.29, 1.82) is 0 Å². The van der Waals surface area contributed by atoms with Crippen LogP contribution in [0.5, 0.6) is 0 Å². The number of amides is 2. The van der Waals surface area contributed by atoms with Gasteiger partial charge in [-0.15, -0.1) is 0 Å². The molecule has 6 aliphatic rings. The Labute approximate surface area is 223 Å². The highest BCUT2D eigenvalue weighted by molar-refractivity contribution is 5.98. The lowest BCUT2D eigenvalue weighted by atomic mass is 9.54. The van der Waals surface area contributed by atoms with Crippen LogP contribution in [0.3, 0.4) is 0 Å². The number of aromatic nitrogens is 2. The molecule has 0 aliphatic heterocycles. The van der Waals surface area contributed by atoms with E-state index in [2.05, 4.69) is 15.6 Å². The van der Waals surface area contributed by atoms with Gasteiger partial charge in [-0.05, 0) is 117 Å². The summed E-state index contributed by atoms with van der Waals surface area (Å²) >= 11 is 0. The molecule has 3 aromatic rings. The van der Waals surface area contributed by atoms with Gasteiger partial charge in [0.15, 0.2) is 0 Å². The van der Waals surface area contributed by atoms with Crippen molar-refractivity contribution in [2.75, 3.05) is 0 Å². The van der Waals surface area contributed by atoms with Gasteiger partial charge in [0.2, 0.25) is 0 Å². The maximum absolute atomic E-state index is 13.2. The van der Waals surface area contributed by atoms with Gasteiger partial charge in [0.25, 0.3) is 11.8 Å². The standard InChI is InChI=1S/C32H36N4O2/c37-31(35-27-15-17-1-2-22(27)10-17)21-5-3-20(4-6-21)30-33-26-8-7-23(16-28(26)34-30)32(38)36-29-24-11-18-9-19(13-24)14-25(29)12-18/h3-8,16-19,22,24-25,27,29H,1-2,9-15H2,(H,33,34)(H,35,37)(H,36,38)/t17?,18-,19+,22?,24-,25+,27?,29?. The molecule has 2 aromatic carbocycles. The second kappa shape index (κ2) is 8.69. The van der Waals surface area contributed by atoms with Gasteiger partial charge >= 0.3 is 0 Å². The van der Waals surface area contributed by atoms with E-state index in [1.54, 1.807) is 0 Å². The molecule has 3 unspecified atom stereocenters. The highest BCUT2D eigenvalue weighted by Crippen LogP contribution is 2.53. The number of H-pyrrole nitrogens is 1. The van der Waals surface area contributed by atoms with E-state index in [1.807, 2.05) is 42.5 Å². The fourth-order valence-corrected chi connectivity index (χ4v) is 9.13. The first-order valence-electron chi connectivity index (χ1n) is 14.8. The summed E-state index contributed by atoms with van der Waals surface area (Å²) in [5.41, 5.74) is 3.99. The Balaban J connectivity index is 0.958. The number of carbonyl (C=O) groups excluding carboxylic acids is 2. The van der Waals surface area contributed by atoms with Gasteiger partial charge in [0.1, 0.15) is 5.82 Å². The summed E-state index contributed by atoms with van der Waals surface area (Å²) in [5.74, 6) is 5.39. The molecule has 6 nitrogen and oxygen atoms in total. The summed E-state index contributed by atoms with van der Waals surface area (Å²) in [7, 11) is 0. The molecule has 0 spiro atoms. The lowest BCUT2D eigenvalue weighted by Crippen LogP contribution is -2.55. The van der Waals surface area contributed by atoms with Crippen LogP contribution < -0.4 is 10.6 Å². The van der Waals surface area contributed by atoms with Gasteiger partial charge in [-0.2, -0.15) is 0 Å². The Morgan fingerprint density at radius 3 is 2.08 bits per heavy atom. The molecule has 196 valence electrons. The first kappa shape index (κ1) is 22.8. The minimum absolute atomic E-state index is 0.0218. The van der Waals surface area contributed by atoms with Crippen LogP contribution >= 0.6 is 0 Å². The van der Waals surface area contributed by atoms with Gasteiger partial charge in [0, 0.05) is 28.8 Å². The average molecular weight is 509 g/mol. The lowest BCUT2D eigenvalue weighted by molar-refractivity contribution is -0.0119. The summed E-state index contributed by atoms with van der Waals surface area (Å²) in [5, 5.41) is 6.69. The van der Waals surface area contributed by atoms with Crippen molar-refractivity contribution in [3.05, 3.63) is 53.6 Å². The van der Waals surface area contributed by atoms with Gasteiger partial charge in [-0.1, -0.05) is 18.6 Å². The average Bonchev–Trinajstić information content (AvgIpc) is 3.66. The highest BCUT2D eigenvalue weighted by Gasteiger charge is 2.48. The van der Waals surface area contributed by atoms with E-state index in [0.717, 1.165) is 46.6 Å². The Kier molecular flexibility index (Phi) is 5.21. The quantitative estimate of drug-likeness (QED) is 0.413. The molecule has 38 heavy (non-hydrogen) atoms. The summed E-state index contributed by atoms with van der Waals surface area (Å²) in [4.78, 5) is 34.2. The third-order valence-corrected chi connectivity index (χ3v) is 10.7. The smallest absolute Gasteiger partial charge is 0.251 e. The minimum Gasteiger partial charge on any atom is -0.349 e. The zero-order valence-corrected chi connectivity index (χ0v) is 21.8. The maximum atomic E-state index is 13.2. The van der Waals surface area contributed by atoms with Gasteiger partial charge in [-0.25, -0.2) is 4.98 Å². The highest BCUT2D eigenvalue weighted by atomic mass is 16.2. The molecule has 0 radical (unpaired) electrons. The molecule has 6 aliphatic carbocycles. The predicted molar refractivity (Wildman–Crippen MR) is 147 cm³/mol. The molecular weight excluding hydrogens is 472 g/mol. The third-order valence-electron chi connectivity index (χ3n) is 10.7. The summed E-state index contributed by atoms with van der Waals surface area (Å²) in [6, 6.07) is 14.1. The Morgan fingerprint density at radius 1 is 0.711 bits per heavy atom. The van der Waals surface area contributed by atoms with Crippen LogP contribution in [-0.2, 0) is 0 Å². The van der Waals surface area contributed by atoms with Crippen LogP contribution in [0.4, 0.5) is 0 Å². The van der Waals surface area contributed by atoms with Gasteiger partial charge in [-0.3, -0.25) is 9.59 Å². The van der Waals surface area contributed by atoms with Gasteiger partial charge < -0.3 is 15.6 Å². The predicted octanol–water partition coefficient (Wildman–Crippen LogP) is 5.70. The number of nitrogens with one attached hydrogen (secondary N) is 3. The van der Waals surface area contributed by atoms with Crippen molar-refractivity contribution in [3.63, 3.8) is 0 Å². The second-order valence-electron chi connectivity index (χ2n) is 13.1. The van der Waals surface area contributed by atoms with Crippen molar-refractivity contribution in [2.24, 2.45) is 35.5 Å². The van der Waals surface area contributed by atoms with E-state index < -0.39 is 0 Å². The molecular formula is C32H36N4O2. The molecule has 1 aromatic heterocycles. The van der Waals surface area contributed by atoms with Crippen molar-refractivity contribution in [1.82, 2.24) is 20.6 Å². The van der Waals surface area contributed by atoms with E-state index in [4.69, 9.17) is 4.98 Å². The zero-order valence-electron chi connectivity index (χ0n) is 21.8. The topological polar surface area (TPSA) is 86.9 Å². The molecule has 6 bridgehead atoms. The Morgan fingerprint density at radius 2 is 1.39 bits per heavy atom. The third kappa shape index (κ3) is 3.87. The Bertz CT molecular complexity index is 1380. The minimum atomic E-state index is 0.0218. The SMILES string of the molecule is O=C(NC1CC2CCC1C2)c1ccc(-c2nc3cc(C(=O)NC4[C@H]5C[C@@H]6C[C@@H](C[C@H]4C6)C5)ccc3[nH]2)cc1. The van der Waals surface area contributed by atoms with Crippen molar-refractivity contribution >= 4 is 22.8 Å². The number of aromatic amines is 1. The van der Waals surface area contributed by atoms with Crippen LogP contribution in [0.15, 0.2) is 42.5 Å². The first-order chi connectivity index (χ1) is 18.6. The number of rotatable bonds is 5. The van der Waals surface area contributed by atoms with Crippen LogP contribution in [0.25, 0.3) is 22.4 Å². The monoisotopic (exact) mass is 508 g/mol. The van der Waals surface area contributed by atoms with Crippen LogP contribution in [0.2, 0.25) is 0 Å². The lowest BCUT2D eigenvalue weighted by Gasteiger charge is -2.54. The number of nitrogens with zero attached hydrogens (tertiary/aromatic N) is 1. The molecule has 3 atom stereocenters. The number of hydrogen-bond acceptors (Lipinski definition) is 3. The summed E-state index contributed by atoms with van der Waals surface area (Å²) in [6.07, 6.45) is 11.6. The maximum Gasteiger partial charge on any atom is 0.251 e. The van der Waals surface area contributed by atoms with Crippen molar-refractivity contribution in [2.45, 2.75) is 69.9 Å². The van der Waals surface area contributed by atoms with Crippen molar-refractivity contribution < 1.29 is 9.59 Å². The molecule has 1 heterocycles. The van der Waals surface area contributed by atoms with E-state index >= 15 is 0 Å². The molecule has 6 heteroatoms. The number of carbonyl (C=O) groups is 2. The van der Waals surface area contributed by atoms with Crippen LogP contribution in [0.1, 0.15) is 78.5 Å². The van der Waals surface area contributed by atoms with Gasteiger partial charge in [0.05, 0.1) is 11.0 Å². The molecule has 6 saturated carbocycles. The number of fused-ring (bicyclic) bond motifs is 3. The first-order valence-corrected chi connectivity index (χ1v) is 14.8. The van der Waals surface area contributed by atoms with Crippen LogP contribution in [-0.4, -0.2) is 33.9 Å². The fraction of sp³-hybridized carbons (Fsp3) is 0.531. The van der Waals surface area contributed by atoms with Crippen molar-refractivity contribution in [3.8, 4) is 11.4 Å². The Hall–Kier alpha value is -3.15. The normalized spacial score (nSPS) is 34.6. The summed E-state index contributed by atoms with van der Waals surface area (Å²) in [6.45, 7) is 0. The zero-order chi connectivity index (χ0) is 25.4. The second-order valence-corrected chi connectivity index (χ2v) is 13.1. The number of hydrogen-bond donors (Lipinski definition) is 3. The molecule has 3 N–H and O–H groups in total. The van der Waals surface area contributed by atoms with E-state index in [9.17, 15) is 9.59 Å². The van der Waals surface area contributed by atoms with Crippen LogP contribution in [0, 0.1) is 35.5 Å². The molecule has 6 fully saturated rings.